The molecule has 0 atom stereocenters. The minimum Gasteiger partial charge on any atom is -0.208 e. The molecule has 15 heavy (non-hydrogen) atoms. The van der Waals surface area contributed by atoms with Crippen molar-refractivity contribution in [3.8, 4) is 0 Å². The average Bonchev–Trinajstić information content (AvgIpc) is 2.13. The summed E-state index contributed by atoms with van der Waals surface area (Å²) < 4.78 is 26.4. The van der Waals surface area contributed by atoms with Gasteiger partial charge in [0, 0.05) is 6.04 Å². The second kappa shape index (κ2) is 3.94. The van der Waals surface area contributed by atoms with Crippen LogP contribution in [0.5, 0.6) is 0 Å². The van der Waals surface area contributed by atoms with E-state index in [9.17, 15) is 8.42 Å². The van der Waals surface area contributed by atoms with Crippen LogP contribution >= 0.6 is 0 Å². The van der Waals surface area contributed by atoms with Crippen molar-refractivity contribution in [1.29, 1.82) is 0 Å². The fourth-order valence-corrected chi connectivity index (χ4v) is 2.84. The Morgan fingerprint density at radius 1 is 1.20 bits per heavy atom. The molecule has 0 saturated heterocycles. The van der Waals surface area contributed by atoms with Crippen LogP contribution in [0, 0.1) is 6.92 Å². The van der Waals surface area contributed by atoms with Crippen LogP contribution < -0.4 is 4.72 Å². The Balaban J connectivity index is 2.17. The van der Waals surface area contributed by atoms with Gasteiger partial charge >= 0.3 is 0 Å². The van der Waals surface area contributed by atoms with Crippen LogP contribution in [0.25, 0.3) is 0 Å². The second-order valence-electron chi connectivity index (χ2n) is 4.06. The van der Waals surface area contributed by atoms with E-state index in [1.165, 1.54) is 0 Å². The minimum atomic E-state index is -3.29. The fourth-order valence-electron chi connectivity index (χ4n) is 1.53. The number of aryl methyl sites for hydroxylation is 1. The zero-order valence-corrected chi connectivity index (χ0v) is 9.55. The van der Waals surface area contributed by atoms with Gasteiger partial charge in [-0.3, -0.25) is 0 Å². The largest absolute Gasteiger partial charge is 0.240 e. The lowest BCUT2D eigenvalue weighted by Crippen LogP contribution is -2.39. The van der Waals surface area contributed by atoms with E-state index in [0.29, 0.717) is 4.90 Å². The Kier molecular flexibility index (Phi) is 2.80. The normalized spacial score (nSPS) is 17.4. The van der Waals surface area contributed by atoms with Gasteiger partial charge in [-0.2, -0.15) is 0 Å². The summed E-state index contributed by atoms with van der Waals surface area (Å²) >= 11 is 0. The molecular formula is C11H15NO2S. The van der Waals surface area contributed by atoms with E-state index in [2.05, 4.69) is 4.72 Å². The lowest BCUT2D eigenvalue weighted by atomic mass is 9.94. The summed E-state index contributed by atoms with van der Waals surface area (Å²) in [6.45, 7) is 1.94. The maximum Gasteiger partial charge on any atom is 0.240 e. The van der Waals surface area contributed by atoms with E-state index in [-0.39, 0.29) is 6.04 Å². The summed E-state index contributed by atoms with van der Waals surface area (Å²) in [7, 11) is -3.29. The third-order valence-corrected chi connectivity index (χ3v) is 4.29. The summed E-state index contributed by atoms with van der Waals surface area (Å²) in [5, 5.41) is 0. The third-order valence-electron chi connectivity index (χ3n) is 2.76. The number of rotatable bonds is 3. The Morgan fingerprint density at radius 2 is 1.80 bits per heavy atom. The Morgan fingerprint density at radius 3 is 2.27 bits per heavy atom. The van der Waals surface area contributed by atoms with Crippen molar-refractivity contribution in [1.82, 2.24) is 4.72 Å². The summed E-state index contributed by atoms with van der Waals surface area (Å²) in [5.74, 6) is 0. The summed E-state index contributed by atoms with van der Waals surface area (Å²) in [6.07, 6.45) is 3.05. The van der Waals surface area contributed by atoms with Gasteiger partial charge in [-0.15, -0.1) is 0 Å². The van der Waals surface area contributed by atoms with Gasteiger partial charge in [0.25, 0.3) is 0 Å². The number of sulfonamides is 1. The molecule has 0 heterocycles. The Hall–Kier alpha value is -0.870. The first-order valence-electron chi connectivity index (χ1n) is 5.17. The van der Waals surface area contributed by atoms with Gasteiger partial charge in [0.1, 0.15) is 0 Å². The molecular weight excluding hydrogens is 210 g/mol. The Bertz CT molecular complexity index is 432. The highest BCUT2D eigenvalue weighted by atomic mass is 32.2. The van der Waals surface area contributed by atoms with Gasteiger partial charge in [-0.05, 0) is 31.9 Å². The van der Waals surface area contributed by atoms with E-state index in [1.807, 2.05) is 19.1 Å². The molecule has 4 heteroatoms. The highest BCUT2D eigenvalue weighted by molar-refractivity contribution is 7.89. The van der Waals surface area contributed by atoms with Gasteiger partial charge in [0.15, 0.2) is 0 Å². The zero-order chi connectivity index (χ0) is 10.9. The van der Waals surface area contributed by atoms with Crippen molar-refractivity contribution < 1.29 is 8.42 Å². The zero-order valence-electron chi connectivity index (χ0n) is 8.73. The van der Waals surface area contributed by atoms with Crippen LogP contribution in [0.4, 0.5) is 0 Å². The Labute approximate surface area is 90.6 Å². The molecule has 1 saturated carbocycles. The summed E-state index contributed by atoms with van der Waals surface area (Å²) in [5.41, 5.74) is 1.07. The predicted octanol–water partition coefficient (Wildman–Crippen LogP) is 1.83. The van der Waals surface area contributed by atoms with Gasteiger partial charge in [-0.25, -0.2) is 13.1 Å². The van der Waals surface area contributed by atoms with Crippen molar-refractivity contribution >= 4 is 10.0 Å². The van der Waals surface area contributed by atoms with Gasteiger partial charge < -0.3 is 0 Å². The highest BCUT2D eigenvalue weighted by Gasteiger charge is 2.24. The quantitative estimate of drug-likeness (QED) is 0.853. The molecule has 0 radical (unpaired) electrons. The molecule has 0 aliphatic heterocycles. The first kappa shape index (κ1) is 10.6. The molecule has 1 aromatic carbocycles. The monoisotopic (exact) mass is 225 g/mol. The second-order valence-corrected chi connectivity index (χ2v) is 5.78. The van der Waals surface area contributed by atoms with Crippen LogP contribution in [0.15, 0.2) is 29.2 Å². The smallest absolute Gasteiger partial charge is 0.208 e. The number of benzene rings is 1. The van der Waals surface area contributed by atoms with Crippen LogP contribution in [-0.2, 0) is 10.0 Å². The van der Waals surface area contributed by atoms with E-state index < -0.39 is 10.0 Å². The van der Waals surface area contributed by atoms with Crippen molar-refractivity contribution in [3.63, 3.8) is 0 Å². The molecule has 1 fully saturated rings. The topological polar surface area (TPSA) is 46.2 Å². The van der Waals surface area contributed by atoms with Crippen molar-refractivity contribution in [3.05, 3.63) is 29.8 Å². The van der Waals surface area contributed by atoms with Crippen molar-refractivity contribution in [2.75, 3.05) is 0 Å². The summed E-state index contributed by atoms with van der Waals surface area (Å²) in [6, 6.07) is 7.08. The molecule has 3 nitrogen and oxygen atoms in total. The lowest BCUT2D eigenvalue weighted by Gasteiger charge is -2.26. The molecule has 0 unspecified atom stereocenters. The SMILES string of the molecule is Cc1ccc(S(=O)(=O)NC2CCC2)cc1. The minimum absolute atomic E-state index is 0.149. The fraction of sp³-hybridized carbons (Fsp3) is 0.455. The number of nitrogens with one attached hydrogen (secondary N) is 1. The first-order chi connectivity index (χ1) is 7.08. The molecule has 0 spiro atoms. The molecule has 0 amide bonds. The van der Waals surface area contributed by atoms with Gasteiger partial charge in [-0.1, -0.05) is 24.1 Å². The van der Waals surface area contributed by atoms with E-state index in [0.717, 1.165) is 24.8 Å². The van der Waals surface area contributed by atoms with Gasteiger partial charge in [0.2, 0.25) is 10.0 Å². The predicted molar refractivity (Wildman–Crippen MR) is 59.1 cm³/mol. The molecule has 2 rings (SSSR count). The number of hydrogen-bond donors (Lipinski definition) is 1. The van der Waals surface area contributed by atoms with E-state index in [1.54, 1.807) is 12.1 Å². The summed E-state index contributed by atoms with van der Waals surface area (Å²) in [4.78, 5) is 0.361. The first-order valence-corrected chi connectivity index (χ1v) is 6.65. The third kappa shape index (κ3) is 2.38. The molecule has 1 N–H and O–H groups in total. The maximum atomic E-state index is 11.8. The molecule has 0 aromatic heterocycles. The van der Waals surface area contributed by atoms with Crippen molar-refractivity contribution in [2.45, 2.75) is 37.1 Å². The maximum absolute atomic E-state index is 11.8. The lowest BCUT2D eigenvalue weighted by molar-refractivity contribution is 0.383. The average molecular weight is 225 g/mol. The molecule has 1 aliphatic carbocycles. The van der Waals surface area contributed by atoms with Crippen LogP contribution in [-0.4, -0.2) is 14.5 Å². The standard InChI is InChI=1S/C11H15NO2S/c1-9-5-7-11(8-6-9)15(13,14)12-10-3-2-4-10/h5-8,10,12H,2-4H2,1H3. The van der Waals surface area contributed by atoms with Crippen LogP contribution in [0.3, 0.4) is 0 Å². The van der Waals surface area contributed by atoms with Crippen LogP contribution in [0.2, 0.25) is 0 Å². The van der Waals surface area contributed by atoms with Crippen LogP contribution in [0.1, 0.15) is 24.8 Å². The van der Waals surface area contributed by atoms with Gasteiger partial charge in [0.05, 0.1) is 4.90 Å². The molecule has 1 aromatic rings. The molecule has 82 valence electrons. The molecule has 1 aliphatic rings. The number of hydrogen-bond acceptors (Lipinski definition) is 2. The highest BCUT2D eigenvalue weighted by Crippen LogP contribution is 2.21. The molecule has 0 bridgehead atoms. The van der Waals surface area contributed by atoms with Crippen molar-refractivity contribution in [2.24, 2.45) is 0 Å². The van der Waals surface area contributed by atoms with E-state index >= 15 is 0 Å². The van der Waals surface area contributed by atoms with E-state index in [4.69, 9.17) is 0 Å².